The predicted octanol–water partition coefficient (Wildman–Crippen LogP) is 1.99. The minimum Gasteiger partial charge on any atom is -0.374 e. The Morgan fingerprint density at radius 3 is 2.76 bits per heavy atom. The van der Waals surface area contributed by atoms with E-state index in [0.717, 1.165) is 22.5 Å². The van der Waals surface area contributed by atoms with Crippen LogP contribution in [0.4, 0.5) is 10.3 Å². The molecule has 0 atom stereocenters. The lowest BCUT2D eigenvalue weighted by Gasteiger charge is -2.07. The van der Waals surface area contributed by atoms with Gasteiger partial charge in [0.25, 0.3) is 5.91 Å². The number of nitrogens with zero attached hydrogens (tertiary/aromatic N) is 2. The Morgan fingerprint density at radius 2 is 2.12 bits per heavy atom. The number of nitrogen functional groups attached to an aromatic ring is 1. The van der Waals surface area contributed by atoms with Crippen molar-refractivity contribution in [2.75, 3.05) is 11.1 Å². The second-order valence-corrected chi connectivity index (χ2v) is 4.66. The first-order valence-corrected chi connectivity index (χ1v) is 5.86. The summed E-state index contributed by atoms with van der Waals surface area (Å²) in [5.74, 6) is -0.192. The van der Waals surface area contributed by atoms with Gasteiger partial charge in [0.05, 0.1) is 0 Å². The second kappa shape index (κ2) is 4.50. The Kier molecular flexibility index (Phi) is 3.06. The molecule has 3 N–H and O–H groups in total. The maximum absolute atomic E-state index is 12.0. The summed E-state index contributed by atoms with van der Waals surface area (Å²) < 4.78 is 0. The van der Waals surface area contributed by atoms with Crippen molar-refractivity contribution in [1.82, 2.24) is 10.2 Å². The number of carbonyl (C=O) groups is 1. The maximum Gasteiger partial charge on any atom is 0.257 e. The largest absolute Gasteiger partial charge is 0.374 e. The molecule has 0 fully saturated rings. The van der Waals surface area contributed by atoms with Gasteiger partial charge in [0.15, 0.2) is 0 Å². The van der Waals surface area contributed by atoms with Gasteiger partial charge in [0.1, 0.15) is 0 Å². The van der Waals surface area contributed by atoms with Crippen LogP contribution in [-0.4, -0.2) is 16.1 Å². The molecule has 1 aromatic heterocycles. The molecule has 0 bridgehead atoms. The van der Waals surface area contributed by atoms with Crippen molar-refractivity contribution in [2.45, 2.75) is 13.8 Å². The highest BCUT2D eigenvalue weighted by Crippen LogP contribution is 2.19. The van der Waals surface area contributed by atoms with Crippen molar-refractivity contribution in [2.24, 2.45) is 0 Å². The van der Waals surface area contributed by atoms with Crippen molar-refractivity contribution >= 4 is 27.5 Å². The summed E-state index contributed by atoms with van der Waals surface area (Å²) >= 11 is 1.14. The number of anilines is 2. The minimum absolute atomic E-state index is 0.192. The van der Waals surface area contributed by atoms with Crippen LogP contribution in [0.5, 0.6) is 0 Å². The Labute approximate surface area is 103 Å². The molecule has 6 heteroatoms. The molecule has 1 heterocycles. The van der Waals surface area contributed by atoms with Crippen LogP contribution in [0.1, 0.15) is 21.5 Å². The molecule has 88 valence electrons. The summed E-state index contributed by atoms with van der Waals surface area (Å²) in [5, 5.41) is 10.8. The van der Waals surface area contributed by atoms with Gasteiger partial charge in [-0.1, -0.05) is 23.5 Å². The number of aryl methyl sites for hydroxylation is 1. The van der Waals surface area contributed by atoms with E-state index in [9.17, 15) is 4.79 Å². The molecule has 0 aliphatic carbocycles. The first kappa shape index (κ1) is 11.5. The van der Waals surface area contributed by atoms with Gasteiger partial charge in [-0.3, -0.25) is 10.1 Å². The highest BCUT2D eigenvalue weighted by atomic mass is 32.1. The lowest BCUT2D eigenvalue weighted by atomic mass is 10.0. The van der Waals surface area contributed by atoms with Crippen LogP contribution in [0.3, 0.4) is 0 Å². The van der Waals surface area contributed by atoms with Gasteiger partial charge in [0, 0.05) is 5.56 Å². The summed E-state index contributed by atoms with van der Waals surface area (Å²) in [7, 11) is 0. The van der Waals surface area contributed by atoms with Crippen LogP contribution in [0.25, 0.3) is 0 Å². The average molecular weight is 248 g/mol. The third-order valence-electron chi connectivity index (χ3n) is 2.51. The number of carbonyl (C=O) groups excluding carboxylic acids is 1. The normalized spacial score (nSPS) is 10.2. The highest BCUT2D eigenvalue weighted by Gasteiger charge is 2.12. The van der Waals surface area contributed by atoms with Gasteiger partial charge in [-0.05, 0) is 31.0 Å². The SMILES string of the molecule is Cc1cccc(C(=O)Nc2nnc(N)s2)c1C. The summed E-state index contributed by atoms with van der Waals surface area (Å²) in [5.41, 5.74) is 8.12. The van der Waals surface area contributed by atoms with Crippen molar-refractivity contribution in [3.05, 3.63) is 34.9 Å². The lowest BCUT2D eigenvalue weighted by Crippen LogP contribution is -2.13. The molecule has 0 radical (unpaired) electrons. The third kappa shape index (κ3) is 2.42. The monoisotopic (exact) mass is 248 g/mol. The molecular weight excluding hydrogens is 236 g/mol. The van der Waals surface area contributed by atoms with Crippen LogP contribution in [0.2, 0.25) is 0 Å². The van der Waals surface area contributed by atoms with E-state index in [0.29, 0.717) is 15.8 Å². The molecule has 0 saturated heterocycles. The smallest absolute Gasteiger partial charge is 0.257 e. The number of rotatable bonds is 2. The van der Waals surface area contributed by atoms with E-state index in [4.69, 9.17) is 5.73 Å². The molecule has 0 aliphatic heterocycles. The van der Waals surface area contributed by atoms with Gasteiger partial charge >= 0.3 is 0 Å². The molecule has 0 spiro atoms. The summed E-state index contributed by atoms with van der Waals surface area (Å²) in [6, 6.07) is 5.60. The molecule has 0 aliphatic rings. The van der Waals surface area contributed by atoms with Gasteiger partial charge in [0.2, 0.25) is 10.3 Å². The quantitative estimate of drug-likeness (QED) is 0.851. The third-order valence-corrected chi connectivity index (χ3v) is 3.18. The number of benzene rings is 1. The van der Waals surface area contributed by atoms with Crippen LogP contribution in [0.15, 0.2) is 18.2 Å². The maximum atomic E-state index is 12.0. The van der Waals surface area contributed by atoms with Crippen molar-refractivity contribution in [1.29, 1.82) is 0 Å². The molecule has 1 amide bonds. The first-order valence-electron chi connectivity index (χ1n) is 5.04. The fraction of sp³-hybridized carbons (Fsp3) is 0.182. The molecular formula is C11H12N4OS. The standard InChI is InChI=1S/C11H12N4OS/c1-6-4-3-5-8(7(6)2)9(16)13-11-15-14-10(12)17-11/h3-5H,1-2H3,(H2,12,14)(H,13,15,16). The topological polar surface area (TPSA) is 80.9 Å². The van der Waals surface area contributed by atoms with Gasteiger partial charge in [-0.25, -0.2) is 0 Å². The number of hydrogen-bond donors (Lipinski definition) is 2. The van der Waals surface area contributed by atoms with Crippen LogP contribution >= 0.6 is 11.3 Å². The zero-order chi connectivity index (χ0) is 12.4. The summed E-state index contributed by atoms with van der Waals surface area (Å²) in [4.78, 5) is 12.0. The number of nitrogens with one attached hydrogen (secondary N) is 1. The molecule has 5 nitrogen and oxygen atoms in total. The Balaban J connectivity index is 2.23. The summed E-state index contributed by atoms with van der Waals surface area (Å²) in [6.07, 6.45) is 0. The molecule has 17 heavy (non-hydrogen) atoms. The van der Waals surface area contributed by atoms with Crippen molar-refractivity contribution in [3.63, 3.8) is 0 Å². The van der Waals surface area contributed by atoms with E-state index in [1.165, 1.54) is 0 Å². The Bertz CT molecular complexity index is 564. The molecule has 1 aromatic carbocycles. The van der Waals surface area contributed by atoms with E-state index >= 15 is 0 Å². The number of nitrogens with two attached hydrogens (primary N) is 1. The van der Waals surface area contributed by atoms with Gasteiger partial charge < -0.3 is 5.73 Å². The van der Waals surface area contributed by atoms with Crippen molar-refractivity contribution < 1.29 is 4.79 Å². The van der Waals surface area contributed by atoms with Crippen LogP contribution < -0.4 is 11.1 Å². The molecule has 0 saturated carbocycles. The zero-order valence-electron chi connectivity index (χ0n) is 9.52. The van der Waals surface area contributed by atoms with E-state index in [1.807, 2.05) is 26.0 Å². The minimum atomic E-state index is -0.192. The second-order valence-electron chi connectivity index (χ2n) is 3.65. The van der Waals surface area contributed by atoms with E-state index < -0.39 is 0 Å². The average Bonchev–Trinajstić information content (AvgIpc) is 2.68. The fourth-order valence-electron chi connectivity index (χ4n) is 1.45. The number of hydrogen-bond acceptors (Lipinski definition) is 5. The first-order chi connectivity index (χ1) is 8.08. The molecule has 0 unspecified atom stereocenters. The van der Waals surface area contributed by atoms with Crippen LogP contribution in [0, 0.1) is 13.8 Å². The number of amides is 1. The van der Waals surface area contributed by atoms with E-state index in [-0.39, 0.29) is 5.91 Å². The van der Waals surface area contributed by atoms with Gasteiger partial charge in [-0.2, -0.15) is 0 Å². The molecule has 2 aromatic rings. The lowest BCUT2D eigenvalue weighted by molar-refractivity contribution is 0.102. The summed E-state index contributed by atoms with van der Waals surface area (Å²) in [6.45, 7) is 3.88. The van der Waals surface area contributed by atoms with E-state index in [1.54, 1.807) is 6.07 Å². The molecule has 2 rings (SSSR count). The Hall–Kier alpha value is -1.95. The van der Waals surface area contributed by atoms with Gasteiger partial charge in [-0.15, -0.1) is 10.2 Å². The van der Waals surface area contributed by atoms with Crippen LogP contribution in [-0.2, 0) is 0 Å². The van der Waals surface area contributed by atoms with Crippen molar-refractivity contribution in [3.8, 4) is 0 Å². The number of aromatic nitrogens is 2. The van der Waals surface area contributed by atoms with E-state index in [2.05, 4.69) is 15.5 Å². The predicted molar refractivity (Wildman–Crippen MR) is 68.2 cm³/mol. The fourth-order valence-corrected chi connectivity index (χ4v) is 1.95. The zero-order valence-corrected chi connectivity index (χ0v) is 10.3. The Morgan fingerprint density at radius 1 is 1.35 bits per heavy atom. The highest BCUT2D eigenvalue weighted by molar-refractivity contribution is 7.19.